The maximum Gasteiger partial charge on any atom is 0.279 e. The number of hydrogen-bond acceptors (Lipinski definition) is 7. The lowest BCUT2D eigenvalue weighted by Crippen LogP contribution is -2.18. The minimum absolute atomic E-state index is 0.000517. The predicted octanol–water partition coefficient (Wildman–Crippen LogP) is 3.74. The maximum atomic E-state index is 12.6. The van der Waals surface area contributed by atoms with Crippen LogP contribution in [0.2, 0.25) is 0 Å². The van der Waals surface area contributed by atoms with Gasteiger partial charge in [-0.25, -0.2) is 0 Å². The van der Waals surface area contributed by atoms with Crippen molar-refractivity contribution in [2.75, 3.05) is 26.1 Å². The van der Waals surface area contributed by atoms with E-state index < -0.39 is 5.91 Å². The molecule has 0 aromatic heterocycles. The second kappa shape index (κ2) is 11.4. The van der Waals surface area contributed by atoms with Gasteiger partial charge in [-0.3, -0.25) is 4.79 Å². The number of thioether (sulfide) groups is 1. The number of nitrogens with zero attached hydrogens (tertiary/aromatic N) is 1. The second-order valence-corrected chi connectivity index (χ2v) is 8.18. The van der Waals surface area contributed by atoms with E-state index >= 15 is 0 Å². The van der Waals surface area contributed by atoms with Crippen LogP contribution in [0.15, 0.2) is 58.6 Å². The Bertz CT molecular complexity index is 1010. The highest BCUT2D eigenvalue weighted by atomic mass is 32.2. The van der Waals surface area contributed by atoms with Gasteiger partial charge < -0.3 is 30.4 Å². The number of carbonyl (C=O) groups excluding carboxylic acids is 1. The zero-order valence-corrected chi connectivity index (χ0v) is 18.9. The first kappa shape index (κ1) is 23.5. The van der Waals surface area contributed by atoms with Crippen molar-refractivity contribution in [3.63, 3.8) is 0 Å². The number of benzene rings is 2. The average Bonchev–Trinajstić information content (AvgIpc) is 2.99. The molecule has 2 aromatic carbocycles. The zero-order chi connectivity index (χ0) is 22.9. The number of amides is 1. The van der Waals surface area contributed by atoms with Crippen molar-refractivity contribution in [3.05, 3.63) is 54.2 Å². The Kier molecular flexibility index (Phi) is 8.41. The van der Waals surface area contributed by atoms with Gasteiger partial charge in [-0.15, -0.1) is 11.8 Å². The zero-order valence-electron chi connectivity index (χ0n) is 18.1. The number of methoxy groups -OCH3 is 1. The Morgan fingerprint density at radius 2 is 2.06 bits per heavy atom. The molecule has 0 fully saturated rings. The van der Waals surface area contributed by atoms with E-state index in [1.54, 1.807) is 37.1 Å². The van der Waals surface area contributed by atoms with Crippen molar-refractivity contribution in [1.82, 2.24) is 0 Å². The quantitative estimate of drug-likeness (QED) is 0.455. The molecular formula is C23H27N3O5S. The lowest BCUT2D eigenvalue weighted by atomic mass is 10.2. The Hall–Kier alpha value is -3.17. The fourth-order valence-electron chi connectivity index (χ4n) is 2.98. The molecule has 1 heterocycles. The molecule has 0 saturated carbocycles. The van der Waals surface area contributed by atoms with Gasteiger partial charge in [0, 0.05) is 35.5 Å². The summed E-state index contributed by atoms with van der Waals surface area (Å²) in [7, 11) is 1.59. The molecule has 0 bridgehead atoms. The number of nitrogens with two attached hydrogens (primary N) is 2. The number of amidine groups is 1. The Labute approximate surface area is 191 Å². The number of fused-ring (bicyclic) bond motifs is 1. The summed E-state index contributed by atoms with van der Waals surface area (Å²) in [6.45, 7) is 2.92. The molecule has 1 unspecified atom stereocenters. The summed E-state index contributed by atoms with van der Waals surface area (Å²) < 4.78 is 22.9. The van der Waals surface area contributed by atoms with Gasteiger partial charge >= 0.3 is 0 Å². The van der Waals surface area contributed by atoms with Crippen molar-refractivity contribution >= 4 is 23.5 Å². The van der Waals surface area contributed by atoms with Crippen LogP contribution in [0.1, 0.15) is 23.7 Å². The first-order chi connectivity index (χ1) is 15.5. The normalized spacial score (nSPS) is 14.9. The minimum Gasteiger partial charge on any atom is -0.492 e. The molecule has 3 rings (SSSR count). The maximum absolute atomic E-state index is 12.6. The predicted molar refractivity (Wildman–Crippen MR) is 125 cm³/mol. The van der Waals surface area contributed by atoms with Crippen molar-refractivity contribution in [3.8, 4) is 23.0 Å². The molecule has 1 aliphatic rings. The monoisotopic (exact) mass is 457 g/mol. The molecule has 0 aliphatic carbocycles. The number of hydrogen-bond donors (Lipinski definition) is 2. The van der Waals surface area contributed by atoms with Crippen molar-refractivity contribution < 1.29 is 23.7 Å². The Morgan fingerprint density at radius 3 is 2.84 bits per heavy atom. The van der Waals surface area contributed by atoms with E-state index in [0.717, 1.165) is 22.8 Å². The largest absolute Gasteiger partial charge is 0.492 e. The molecule has 8 nitrogen and oxygen atoms in total. The molecule has 4 N–H and O–H groups in total. The van der Waals surface area contributed by atoms with E-state index in [1.807, 2.05) is 25.1 Å². The van der Waals surface area contributed by atoms with Gasteiger partial charge in [0.15, 0.2) is 0 Å². The van der Waals surface area contributed by atoms with E-state index in [4.69, 9.17) is 30.4 Å². The van der Waals surface area contributed by atoms with E-state index in [2.05, 4.69) is 4.99 Å². The highest BCUT2D eigenvalue weighted by molar-refractivity contribution is 7.99. The fourth-order valence-corrected chi connectivity index (χ4v) is 3.89. The van der Waals surface area contributed by atoms with Gasteiger partial charge in [0.2, 0.25) is 0 Å². The average molecular weight is 458 g/mol. The van der Waals surface area contributed by atoms with Gasteiger partial charge in [-0.1, -0.05) is 0 Å². The van der Waals surface area contributed by atoms with Crippen LogP contribution in [0.25, 0.3) is 0 Å². The van der Waals surface area contributed by atoms with E-state index in [0.29, 0.717) is 30.5 Å². The standard InChI is InChI=1S/C23H27N3O5S/c1-15(14-28-2)30-18-10-16(23(27)26-22(25)6-7-24)11-19(12-18)31-17-4-5-21-20(13-17)29-8-3-9-32-21/h4-7,10-13,15H,3,8-9,14,24H2,1-2H3,(H2,25,26,27)/b7-6-. The summed E-state index contributed by atoms with van der Waals surface area (Å²) in [4.78, 5) is 17.5. The van der Waals surface area contributed by atoms with Crippen LogP contribution in [-0.2, 0) is 4.74 Å². The van der Waals surface area contributed by atoms with Crippen LogP contribution in [0.3, 0.4) is 0 Å². The Balaban J connectivity index is 1.90. The van der Waals surface area contributed by atoms with Crippen LogP contribution < -0.4 is 25.7 Å². The van der Waals surface area contributed by atoms with Gasteiger partial charge in [-0.2, -0.15) is 4.99 Å². The minimum atomic E-state index is -0.544. The number of rotatable bonds is 8. The first-order valence-electron chi connectivity index (χ1n) is 10.1. The molecule has 1 atom stereocenters. The van der Waals surface area contributed by atoms with Crippen LogP contribution in [0.5, 0.6) is 23.0 Å². The van der Waals surface area contributed by atoms with Gasteiger partial charge in [0.1, 0.15) is 34.9 Å². The second-order valence-electron chi connectivity index (χ2n) is 7.04. The third-order valence-corrected chi connectivity index (χ3v) is 5.46. The highest BCUT2D eigenvalue weighted by Crippen LogP contribution is 2.37. The summed E-state index contributed by atoms with van der Waals surface area (Å²) in [5.74, 6) is 2.70. The van der Waals surface area contributed by atoms with Crippen LogP contribution in [0, 0.1) is 0 Å². The Morgan fingerprint density at radius 1 is 1.25 bits per heavy atom. The van der Waals surface area contributed by atoms with Gasteiger partial charge in [0.05, 0.1) is 13.2 Å². The SMILES string of the molecule is COCC(C)Oc1cc(Oc2ccc3c(c2)OCCCS3)cc(C(=O)N=C(N)/C=C\N)c1. The molecule has 9 heteroatoms. The third kappa shape index (κ3) is 6.66. The van der Waals surface area contributed by atoms with Gasteiger partial charge in [-0.05, 0) is 49.9 Å². The summed E-state index contributed by atoms with van der Waals surface area (Å²) in [5, 5.41) is 0. The topological polar surface area (TPSA) is 118 Å². The molecule has 0 saturated heterocycles. The van der Waals surface area contributed by atoms with Crippen molar-refractivity contribution in [2.45, 2.75) is 24.3 Å². The smallest absolute Gasteiger partial charge is 0.279 e. The number of ether oxygens (including phenoxy) is 4. The molecular weight excluding hydrogens is 430 g/mol. The van der Waals surface area contributed by atoms with Crippen LogP contribution in [-0.4, -0.2) is 43.9 Å². The lowest BCUT2D eigenvalue weighted by Gasteiger charge is -2.16. The van der Waals surface area contributed by atoms with Crippen LogP contribution >= 0.6 is 11.8 Å². The molecule has 1 amide bonds. The van der Waals surface area contributed by atoms with Gasteiger partial charge in [0.25, 0.3) is 5.91 Å². The summed E-state index contributed by atoms with van der Waals surface area (Å²) in [5.41, 5.74) is 11.3. The summed E-state index contributed by atoms with van der Waals surface area (Å²) in [6.07, 6.45) is 3.31. The third-order valence-electron chi connectivity index (χ3n) is 4.32. The molecule has 2 aromatic rings. The highest BCUT2D eigenvalue weighted by Gasteiger charge is 2.15. The molecule has 170 valence electrons. The van der Waals surface area contributed by atoms with E-state index in [1.165, 1.54) is 12.3 Å². The van der Waals surface area contributed by atoms with E-state index in [-0.39, 0.29) is 17.5 Å². The summed E-state index contributed by atoms with van der Waals surface area (Å²) >= 11 is 1.76. The molecule has 0 radical (unpaired) electrons. The van der Waals surface area contributed by atoms with Crippen LogP contribution in [0.4, 0.5) is 0 Å². The number of aliphatic imine (C=N–C) groups is 1. The lowest BCUT2D eigenvalue weighted by molar-refractivity contribution is 0.0915. The number of carbonyl (C=O) groups is 1. The molecule has 1 aliphatic heterocycles. The first-order valence-corrected chi connectivity index (χ1v) is 11.1. The van der Waals surface area contributed by atoms with Crippen molar-refractivity contribution in [1.29, 1.82) is 0 Å². The summed E-state index contributed by atoms with van der Waals surface area (Å²) in [6, 6.07) is 10.6. The van der Waals surface area contributed by atoms with Crippen molar-refractivity contribution in [2.24, 2.45) is 16.5 Å². The fraction of sp³-hybridized carbons (Fsp3) is 0.304. The van der Waals surface area contributed by atoms with E-state index in [9.17, 15) is 4.79 Å². The molecule has 0 spiro atoms. The molecule has 32 heavy (non-hydrogen) atoms.